The lowest BCUT2D eigenvalue weighted by Gasteiger charge is -2.71. The highest BCUT2D eigenvalue weighted by atomic mass is 16.8. The summed E-state index contributed by atoms with van der Waals surface area (Å²) in [5, 5.41) is 196. The van der Waals surface area contributed by atoms with Crippen LogP contribution >= 0.6 is 0 Å². The van der Waals surface area contributed by atoms with E-state index >= 15 is 4.79 Å². The molecule has 5 aliphatic carbocycles. The van der Waals surface area contributed by atoms with Gasteiger partial charge in [-0.2, -0.15) is 0 Å². The lowest BCUT2D eigenvalue weighted by molar-refractivity contribution is -0.383. The lowest BCUT2D eigenvalue weighted by atomic mass is 9.33. The van der Waals surface area contributed by atoms with E-state index in [0.29, 0.717) is 57.8 Å². The average Bonchev–Trinajstić information content (AvgIpc) is 0.675. The topological polar surface area (TPSA) is 492 Å². The van der Waals surface area contributed by atoms with Crippen molar-refractivity contribution in [3.8, 4) is 0 Å². The number of rotatable bonds is 16. The molecule has 31 heteroatoms. The summed E-state index contributed by atoms with van der Waals surface area (Å²) in [6, 6.07) is 0. The summed E-state index contributed by atoms with van der Waals surface area (Å²) in [5.41, 5.74) is -2.36. The minimum Gasteiger partial charge on any atom is -0.432 e. The second-order valence-electron chi connectivity index (χ2n) is 31.3. The van der Waals surface area contributed by atoms with E-state index < -0.39 is 232 Å². The van der Waals surface area contributed by atoms with Crippen LogP contribution in [0.3, 0.4) is 0 Å². The standard InChI is InChI=1S/C65H106O31/c1-25-36(70)42(76)46(80)53(87-25)95-52-45(79)40(74)31(21-67)90-57(52)86-23-32-41(75)44(78)48(82)55(91-32)96-59(84)65-17-15-60(3,4)19-28(65)27-9-10-34-61(5)13-12-35(62(6,24-68)33(61)11-14-64(34,8)63(27,7)16-18-65)92-58-51(38(72)29(69)22-85-58)94-56-49(83)50(37(71)26(2)88-56)93-54-47(81)43(77)39(73)30(20-66)89-54/h9,25-26,28-58,66-83H,10-24H2,1-8H3. The van der Waals surface area contributed by atoms with Crippen molar-refractivity contribution in [2.75, 3.05) is 33.0 Å². The van der Waals surface area contributed by atoms with Gasteiger partial charge < -0.3 is 149 Å². The van der Waals surface area contributed by atoms with Crippen LogP contribution in [0.4, 0.5) is 0 Å². The van der Waals surface area contributed by atoms with Crippen LogP contribution < -0.4 is 0 Å². The number of hydrogen-bond donors (Lipinski definition) is 18. The zero-order valence-corrected chi connectivity index (χ0v) is 55.6. The molecular weight excluding hydrogens is 1280 g/mol. The van der Waals surface area contributed by atoms with Gasteiger partial charge >= 0.3 is 5.97 Å². The Balaban J connectivity index is 0.787. The second-order valence-corrected chi connectivity index (χ2v) is 31.3. The van der Waals surface area contributed by atoms with E-state index in [4.69, 9.17) is 56.8 Å². The van der Waals surface area contributed by atoms with Gasteiger partial charge in [0.05, 0.1) is 56.8 Å². The second kappa shape index (κ2) is 28.3. The number of ether oxygens (including phenoxy) is 12. The van der Waals surface area contributed by atoms with E-state index in [1.165, 1.54) is 13.8 Å². The summed E-state index contributed by atoms with van der Waals surface area (Å²) in [7, 11) is 0. The zero-order chi connectivity index (χ0) is 70.0. The van der Waals surface area contributed by atoms with Crippen molar-refractivity contribution in [2.24, 2.45) is 50.2 Å². The van der Waals surface area contributed by atoms with Crippen molar-refractivity contribution in [1.29, 1.82) is 0 Å². The molecule has 18 N–H and O–H groups in total. The zero-order valence-electron chi connectivity index (χ0n) is 55.6. The Kier molecular flexibility index (Phi) is 22.1. The van der Waals surface area contributed by atoms with Gasteiger partial charge in [-0.1, -0.05) is 53.2 Å². The maximum Gasteiger partial charge on any atom is 0.315 e. The SMILES string of the molecule is CC1OC(OC2C(OCC3OC(OC(=O)C45CCC(C)(C)CC4C4=CCC6C7(C)CCC(OC8OCC(O)C(O)C8OC8OC(C)C(O)C(OC9OC(CO)C(O)C(O)C9O)C8O)C(C)(CO)C7CCC6(C)C4(C)CC5)C(O)C(O)C3O)OC(CO)C(O)C2O)C(O)C(O)C1O. The highest BCUT2D eigenvalue weighted by Gasteiger charge is 2.71. The van der Waals surface area contributed by atoms with E-state index in [9.17, 15) is 91.9 Å². The monoisotopic (exact) mass is 1380 g/mol. The molecule has 10 fully saturated rings. The number of fused-ring (bicyclic) bond motifs is 7. The third-order valence-corrected chi connectivity index (χ3v) is 25.3. The van der Waals surface area contributed by atoms with Crippen LogP contribution in [-0.2, 0) is 61.6 Å². The normalized spacial score (nSPS) is 55.1. The molecule has 31 nitrogen and oxygen atoms in total. The number of allylic oxidation sites excluding steroid dienone is 2. The van der Waals surface area contributed by atoms with E-state index in [2.05, 4.69) is 40.7 Å². The average molecular weight is 1380 g/mol. The van der Waals surface area contributed by atoms with Crippen molar-refractivity contribution in [1.82, 2.24) is 0 Å². The van der Waals surface area contributed by atoms with E-state index in [-0.39, 0.29) is 41.8 Å². The predicted octanol–water partition coefficient (Wildman–Crippen LogP) is -4.72. The molecule has 0 spiro atoms. The molecule has 96 heavy (non-hydrogen) atoms. The number of esters is 1. The van der Waals surface area contributed by atoms with Gasteiger partial charge in [0, 0.05) is 5.41 Å². The van der Waals surface area contributed by atoms with Crippen molar-refractivity contribution in [3.05, 3.63) is 11.6 Å². The summed E-state index contributed by atoms with van der Waals surface area (Å²) in [4.78, 5) is 15.4. The van der Waals surface area contributed by atoms with Gasteiger partial charge in [0.15, 0.2) is 31.5 Å². The van der Waals surface area contributed by atoms with Gasteiger partial charge in [0.2, 0.25) is 6.29 Å². The Hall–Kier alpha value is -1.95. The molecule has 552 valence electrons. The highest BCUT2D eigenvalue weighted by Crippen LogP contribution is 2.76. The first-order valence-electron chi connectivity index (χ1n) is 34.1. The van der Waals surface area contributed by atoms with Gasteiger partial charge in [0.25, 0.3) is 0 Å². The molecule has 11 aliphatic rings. The van der Waals surface area contributed by atoms with Gasteiger partial charge in [-0.3, -0.25) is 4.79 Å². The molecular formula is C65H106O31. The van der Waals surface area contributed by atoms with Crippen molar-refractivity contribution in [2.45, 2.75) is 304 Å². The van der Waals surface area contributed by atoms with Crippen LogP contribution in [0, 0.1) is 50.2 Å². The van der Waals surface area contributed by atoms with Gasteiger partial charge in [-0.25, -0.2) is 0 Å². The van der Waals surface area contributed by atoms with Gasteiger partial charge in [0.1, 0.15) is 128 Å². The molecule has 4 saturated carbocycles. The van der Waals surface area contributed by atoms with Gasteiger partial charge in [-0.05, 0) is 117 Å². The highest BCUT2D eigenvalue weighted by molar-refractivity contribution is 5.79. The van der Waals surface area contributed by atoms with Crippen LogP contribution in [0.5, 0.6) is 0 Å². The summed E-state index contributed by atoms with van der Waals surface area (Å²) in [6.07, 6.45) is -40.7. The number of aliphatic hydroxyl groups excluding tert-OH is 18. The van der Waals surface area contributed by atoms with Gasteiger partial charge in [-0.15, -0.1) is 0 Å². The van der Waals surface area contributed by atoms with E-state index in [1.54, 1.807) is 0 Å². The maximum absolute atomic E-state index is 15.4. The first kappa shape index (κ1) is 75.2. The van der Waals surface area contributed by atoms with Crippen LogP contribution in [0.15, 0.2) is 11.6 Å². The largest absolute Gasteiger partial charge is 0.432 e. The van der Waals surface area contributed by atoms with Crippen LogP contribution in [-0.4, -0.2) is 315 Å². The molecule has 0 amide bonds. The molecule has 6 saturated heterocycles. The number of carbonyl (C=O) groups is 1. The van der Waals surface area contributed by atoms with Crippen LogP contribution in [0.25, 0.3) is 0 Å². The Morgan fingerprint density at radius 3 is 1.67 bits per heavy atom. The third-order valence-electron chi connectivity index (χ3n) is 25.3. The molecule has 6 heterocycles. The van der Waals surface area contributed by atoms with E-state index in [0.717, 1.165) is 12.0 Å². The molecule has 38 unspecified atom stereocenters. The molecule has 6 aliphatic heterocycles. The first-order valence-corrected chi connectivity index (χ1v) is 34.1. The molecule has 0 aromatic rings. The molecule has 11 rings (SSSR count). The Labute approximate surface area is 556 Å². The predicted molar refractivity (Wildman–Crippen MR) is 321 cm³/mol. The minimum absolute atomic E-state index is 0.0548. The maximum atomic E-state index is 15.4. The summed E-state index contributed by atoms with van der Waals surface area (Å²) < 4.78 is 71.8. The fourth-order valence-electron chi connectivity index (χ4n) is 19.0. The fraction of sp³-hybridized carbons (Fsp3) is 0.954. The molecule has 0 bridgehead atoms. The summed E-state index contributed by atoms with van der Waals surface area (Å²) in [6.45, 7) is 13.1. The summed E-state index contributed by atoms with van der Waals surface area (Å²) in [5.74, 6) is -1.09. The first-order chi connectivity index (χ1) is 45.1. The van der Waals surface area contributed by atoms with Crippen LogP contribution in [0.1, 0.15) is 120 Å². The Morgan fingerprint density at radius 2 is 1.03 bits per heavy atom. The Bertz CT molecular complexity index is 2700. The smallest absolute Gasteiger partial charge is 0.315 e. The van der Waals surface area contributed by atoms with Crippen molar-refractivity contribution in [3.63, 3.8) is 0 Å². The minimum atomic E-state index is -1.95. The number of aliphatic hydroxyl groups is 18. The fourth-order valence-corrected chi connectivity index (χ4v) is 19.0. The quantitative estimate of drug-likeness (QED) is 0.0392. The molecule has 38 atom stereocenters. The van der Waals surface area contributed by atoms with E-state index in [1.807, 2.05) is 6.92 Å². The van der Waals surface area contributed by atoms with Crippen LogP contribution in [0.2, 0.25) is 0 Å². The summed E-state index contributed by atoms with van der Waals surface area (Å²) >= 11 is 0. The third kappa shape index (κ3) is 12.8. The number of carbonyl (C=O) groups excluding carboxylic acids is 1. The lowest BCUT2D eigenvalue weighted by Crippen LogP contribution is -2.67. The van der Waals surface area contributed by atoms with Crippen molar-refractivity contribution >= 4 is 5.97 Å². The Morgan fingerprint density at radius 1 is 0.500 bits per heavy atom. The molecule has 0 aromatic carbocycles. The molecule has 0 radical (unpaired) electrons. The number of hydrogen-bond acceptors (Lipinski definition) is 31. The van der Waals surface area contributed by atoms with Crippen molar-refractivity contribution < 1.29 is 154 Å². The molecule has 0 aromatic heterocycles.